The van der Waals surface area contributed by atoms with Crippen LogP contribution in [0.5, 0.6) is 0 Å². The van der Waals surface area contributed by atoms with E-state index in [2.05, 4.69) is 0 Å². The molecule has 1 rings (SSSR count). The minimum absolute atomic E-state index is 0.214. The second-order valence-electron chi connectivity index (χ2n) is 2.39. The first kappa shape index (κ1) is 9.38. The van der Waals surface area contributed by atoms with Crippen LogP contribution in [0.3, 0.4) is 0 Å². The van der Waals surface area contributed by atoms with Gasteiger partial charge in [-0.15, -0.1) is 0 Å². The fraction of sp³-hybridized carbons (Fsp3) is 0.625. The first-order valence-corrected chi connectivity index (χ1v) is 3.88. The van der Waals surface area contributed by atoms with E-state index in [9.17, 15) is 4.79 Å². The maximum absolute atomic E-state index is 10.9. The topological polar surface area (TPSA) is 55.8 Å². The highest BCUT2D eigenvalue weighted by atomic mass is 16.7. The molecular weight excluding hydrogens is 160 g/mol. The van der Waals surface area contributed by atoms with Gasteiger partial charge in [-0.05, 0) is 19.1 Å². The average Bonchev–Trinajstić information content (AvgIpc) is 2.09. The van der Waals surface area contributed by atoms with Crippen LogP contribution < -0.4 is 0 Å². The van der Waals surface area contributed by atoms with E-state index in [-0.39, 0.29) is 12.4 Å². The quantitative estimate of drug-likeness (QED) is 0.644. The van der Waals surface area contributed by atoms with Gasteiger partial charge in [-0.1, -0.05) is 0 Å². The molecule has 0 amide bonds. The number of aliphatic hydroxyl groups is 1. The molecule has 1 aliphatic heterocycles. The summed E-state index contributed by atoms with van der Waals surface area (Å²) in [6.45, 7) is 2.05. The van der Waals surface area contributed by atoms with Gasteiger partial charge in [0.25, 0.3) is 0 Å². The molecule has 12 heavy (non-hydrogen) atoms. The minimum atomic E-state index is -0.758. The minimum Gasteiger partial charge on any atom is -0.393 e. The van der Waals surface area contributed by atoms with E-state index >= 15 is 0 Å². The summed E-state index contributed by atoms with van der Waals surface area (Å²) in [6.07, 6.45) is 1.67. The molecule has 0 aromatic heterocycles. The third-order valence-electron chi connectivity index (χ3n) is 1.53. The molecule has 0 saturated carbocycles. The maximum Gasteiger partial charge on any atom is 0.186 e. The van der Waals surface area contributed by atoms with Crippen molar-refractivity contribution in [1.82, 2.24) is 0 Å². The third kappa shape index (κ3) is 2.14. The van der Waals surface area contributed by atoms with Gasteiger partial charge in [0.2, 0.25) is 0 Å². The van der Waals surface area contributed by atoms with Crippen molar-refractivity contribution >= 4 is 5.78 Å². The lowest BCUT2D eigenvalue weighted by Gasteiger charge is -2.22. The molecule has 0 spiro atoms. The number of aliphatic hydroxyl groups excluding tert-OH is 1. The lowest BCUT2D eigenvalue weighted by molar-refractivity contribution is -0.167. The van der Waals surface area contributed by atoms with Crippen LogP contribution in [0.2, 0.25) is 0 Å². The summed E-state index contributed by atoms with van der Waals surface area (Å²) in [5.74, 6) is -0.214. The third-order valence-corrected chi connectivity index (χ3v) is 1.53. The van der Waals surface area contributed by atoms with E-state index in [4.69, 9.17) is 14.6 Å². The Morgan fingerprint density at radius 2 is 2.50 bits per heavy atom. The van der Waals surface area contributed by atoms with Gasteiger partial charge < -0.3 is 14.6 Å². The van der Waals surface area contributed by atoms with Gasteiger partial charge in [-0.3, -0.25) is 4.79 Å². The fourth-order valence-electron chi connectivity index (χ4n) is 0.947. The summed E-state index contributed by atoms with van der Waals surface area (Å²) >= 11 is 0. The molecule has 1 heterocycles. The molecule has 0 bridgehead atoms. The highest BCUT2D eigenvalue weighted by Crippen LogP contribution is 2.09. The molecule has 4 heteroatoms. The van der Waals surface area contributed by atoms with E-state index in [0.717, 1.165) is 0 Å². The Morgan fingerprint density at radius 3 is 3.08 bits per heavy atom. The largest absolute Gasteiger partial charge is 0.393 e. The number of ketones is 1. The molecule has 1 unspecified atom stereocenters. The van der Waals surface area contributed by atoms with Crippen LogP contribution in [0.25, 0.3) is 0 Å². The van der Waals surface area contributed by atoms with E-state index in [1.54, 1.807) is 0 Å². The molecule has 68 valence electrons. The number of hydrogen-bond donors (Lipinski definition) is 1. The van der Waals surface area contributed by atoms with Crippen LogP contribution >= 0.6 is 0 Å². The van der Waals surface area contributed by atoms with Crippen molar-refractivity contribution in [3.63, 3.8) is 0 Å². The van der Waals surface area contributed by atoms with Crippen molar-refractivity contribution < 1.29 is 19.4 Å². The van der Waals surface area contributed by atoms with E-state index < -0.39 is 12.4 Å². The predicted octanol–water partition coefficient (Wildman–Crippen LogP) is -0.135. The van der Waals surface area contributed by atoms with Gasteiger partial charge in [-0.25, -0.2) is 0 Å². The summed E-state index contributed by atoms with van der Waals surface area (Å²) in [4.78, 5) is 10.9. The van der Waals surface area contributed by atoms with Crippen molar-refractivity contribution in [2.75, 3.05) is 13.2 Å². The van der Waals surface area contributed by atoms with Gasteiger partial charge >= 0.3 is 0 Å². The Morgan fingerprint density at radius 1 is 1.75 bits per heavy atom. The Bertz CT molecular complexity index is 187. The van der Waals surface area contributed by atoms with Gasteiger partial charge in [0.05, 0.1) is 6.61 Å². The molecule has 0 aromatic rings. The zero-order valence-corrected chi connectivity index (χ0v) is 6.90. The SMILES string of the molecule is CCOC1C=CC(=O)[C@@H](CO)O1. The molecule has 0 aliphatic carbocycles. The van der Waals surface area contributed by atoms with Crippen molar-refractivity contribution in [3.05, 3.63) is 12.2 Å². The lowest BCUT2D eigenvalue weighted by atomic mass is 10.2. The van der Waals surface area contributed by atoms with Crippen LogP contribution in [0, 0.1) is 0 Å². The van der Waals surface area contributed by atoms with Crippen molar-refractivity contribution in [2.24, 2.45) is 0 Å². The smallest absolute Gasteiger partial charge is 0.186 e. The summed E-state index contributed by atoms with van der Waals surface area (Å²) < 4.78 is 10.2. The normalized spacial score (nSPS) is 29.3. The molecule has 1 aliphatic rings. The summed E-state index contributed by atoms with van der Waals surface area (Å²) in [5, 5.41) is 8.71. The Hall–Kier alpha value is -0.710. The van der Waals surface area contributed by atoms with Crippen LogP contribution in [0.1, 0.15) is 6.92 Å². The van der Waals surface area contributed by atoms with E-state index in [1.807, 2.05) is 6.92 Å². The molecular formula is C8H12O4. The van der Waals surface area contributed by atoms with E-state index in [1.165, 1.54) is 12.2 Å². The van der Waals surface area contributed by atoms with Crippen molar-refractivity contribution in [3.8, 4) is 0 Å². The van der Waals surface area contributed by atoms with Crippen LogP contribution in [0.15, 0.2) is 12.2 Å². The second kappa shape index (κ2) is 4.35. The first-order chi connectivity index (χ1) is 5.77. The summed E-state index contributed by atoms with van der Waals surface area (Å²) in [5.41, 5.74) is 0. The van der Waals surface area contributed by atoms with Gasteiger partial charge in [0.1, 0.15) is 6.10 Å². The zero-order chi connectivity index (χ0) is 8.97. The molecule has 0 radical (unpaired) electrons. The number of ether oxygens (including phenoxy) is 2. The van der Waals surface area contributed by atoms with Crippen LogP contribution in [0.4, 0.5) is 0 Å². The highest BCUT2D eigenvalue weighted by molar-refractivity contribution is 5.94. The zero-order valence-electron chi connectivity index (χ0n) is 6.90. The lowest BCUT2D eigenvalue weighted by Crippen LogP contribution is -2.35. The monoisotopic (exact) mass is 172 g/mol. The standard InChI is InChI=1S/C8H12O4/c1-2-11-8-4-3-6(10)7(5-9)12-8/h3-4,7-9H,2,5H2,1H3/t7-,8?/m1/s1. The summed E-state index contributed by atoms with van der Waals surface area (Å²) in [7, 11) is 0. The maximum atomic E-state index is 10.9. The number of rotatable bonds is 3. The Kier molecular flexibility index (Phi) is 3.40. The highest BCUT2D eigenvalue weighted by Gasteiger charge is 2.24. The predicted molar refractivity (Wildman–Crippen MR) is 41.5 cm³/mol. The fourth-order valence-corrected chi connectivity index (χ4v) is 0.947. The van der Waals surface area contributed by atoms with E-state index in [0.29, 0.717) is 6.61 Å². The molecule has 0 saturated heterocycles. The number of hydrogen-bond acceptors (Lipinski definition) is 4. The van der Waals surface area contributed by atoms with Gasteiger partial charge in [-0.2, -0.15) is 0 Å². The number of carbonyl (C=O) groups is 1. The first-order valence-electron chi connectivity index (χ1n) is 3.88. The summed E-state index contributed by atoms with van der Waals surface area (Å²) in [6, 6.07) is 0. The van der Waals surface area contributed by atoms with Crippen molar-refractivity contribution in [2.45, 2.75) is 19.3 Å². The Balaban J connectivity index is 2.52. The van der Waals surface area contributed by atoms with Gasteiger partial charge in [0, 0.05) is 6.61 Å². The molecule has 4 nitrogen and oxygen atoms in total. The van der Waals surface area contributed by atoms with Gasteiger partial charge in [0.15, 0.2) is 12.1 Å². The number of carbonyl (C=O) groups excluding carboxylic acids is 1. The molecule has 0 fully saturated rings. The average molecular weight is 172 g/mol. The second-order valence-corrected chi connectivity index (χ2v) is 2.39. The van der Waals surface area contributed by atoms with Crippen LogP contribution in [-0.4, -0.2) is 36.5 Å². The molecule has 1 N–H and O–H groups in total. The molecule has 0 aromatic carbocycles. The molecule has 2 atom stereocenters. The Labute approximate surface area is 70.8 Å². The van der Waals surface area contributed by atoms with Crippen LogP contribution in [-0.2, 0) is 14.3 Å². The van der Waals surface area contributed by atoms with Crippen molar-refractivity contribution in [1.29, 1.82) is 0 Å².